The average molecular weight is 299 g/mol. The highest BCUT2D eigenvalue weighted by molar-refractivity contribution is 5.91. The largest absolute Gasteiger partial charge is 0.443 e. The van der Waals surface area contributed by atoms with E-state index in [2.05, 4.69) is 24.8 Å². The minimum absolute atomic E-state index is 0.304. The molecule has 0 fully saturated rings. The Bertz CT molecular complexity index is 689. The van der Waals surface area contributed by atoms with Crippen LogP contribution in [0, 0.1) is 6.92 Å². The Kier molecular flexibility index (Phi) is 4.74. The zero-order valence-electron chi connectivity index (χ0n) is 14.0. The standard InChI is InChI=1S/C19H25NO2/c1-6-7-8-9-16-13-15-11-10-14(2)12-17(15)20(16)18(21)22-19(3,4)5/h6,10-13H,1,7-9H2,2-5H3. The second kappa shape index (κ2) is 6.39. The molecule has 0 radical (unpaired) electrons. The van der Waals surface area contributed by atoms with Gasteiger partial charge in [-0.25, -0.2) is 9.36 Å². The molecule has 0 spiro atoms. The lowest BCUT2D eigenvalue weighted by Gasteiger charge is -2.21. The fraction of sp³-hybridized carbons (Fsp3) is 0.421. The molecule has 3 nitrogen and oxygen atoms in total. The molecule has 1 aromatic heterocycles. The molecule has 2 aromatic rings. The van der Waals surface area contributed by atoms with Crippen molar-refractivity contribution >= 4 is 17.0 Å². The van der Waals surface area contributed by atoms with Crippen LogP contribution in [0.3, 0.4) is 0 Å². The summed E-state index contributed by atoms with van der Waals surface area (Å²) in [6.45, 7) is 11.4. The Hall–Kier alpha value is -2.03. The number of carbonyl (C=O) groups is 1. The first kappa shape index (κ1) is 16.3. The molecule has 0 saturated heterocycles. The van der Waals surface area contributed by atoms with Gasteiger partial charge in [0.1, 0.15) is 5.60 Å². The van der Waals surface area contributed by atoms with Gasteiger partial charge in [-0.05, 0) is 64.7 Å². The molecule has 22 heavy (non-hydrogen) atoms. The highest BCUT2D eigenvalue weighted by atomic mass is 16.6. The van der Waals surface area contributed by atoms with Gasteiger partial charge in [0.15, 0.2) is 0 Å². The van der Waals surface area contributed by atoms with E-state index in [0.29, 0.717) is 0 Å². The number of benzene rings is 1. The summed E-state index contributed by atoms with van der Waals surface area (Å²) in [5.41, 5.74) is 2.54. The van der Waals surface area contributed by atoms with Crippen molar-refractivity contribution in [3.63, 3.8) is 0 Å². The van der Waals surface area contributed by atoms with Gasteiger partial charge in [0.25, 0.3) is 0 Å². The van der Waals surface area contributed by atoms with Crippen molar-refractivity contribution in [2.75, 3.05) is 0 Å². The number of allylic oxidation sites excluding steroid dienone is 1. The molecule has 1 heterocycles. The number of nitrogens with zero attached hydrogens (tertiary/aromatic N) is 1. The Labute approximate surface area is 132 Å². The van der Waals surface area contributed by atoms with Crippen molar-refractivity contribution in [2.45, 2.75) is 52.6 Å². The van der Waals surface area contributed by atoms with Gasteiger partial charge in [-0.1, -0.05) is 18.2 Å². The summed E-state index contributed by atoms with van der Waals surface area (Å²) in [6, 6.07) is 8.25. The van der Waals surface area contributed by atoms with E-state index < -0.39 is 5.60 Å². The SMILES string of the molecule is C=CCCCc1cc2ccc(C)cc2n1C(=O)OC(C)(C)C. The van der Waals surface area contributed by atoms with Crippen molar-refractivity contribution < 1.29 is 9.53 Å². The molecule has 0 amide bonds. The molecule has 0 unspecified atom stereocenters. The summed E-state index contributed by atoms with van der Waals surface area (Å²) in [5.74, 6) is 0. The molecule has 3 heteroatoms. The van der Waals surface area contributed by atoms with E-state index in [1.807, 2.05) is 39.8 Å². The number of fused-ring (bicyclic) bond motifs is 1. The average Bonchev–Trinajstić information content (AvgIpc) is 2.74. The number of unbranched alkanes of at least 4 members (excludes halogenated alkanes) is 1. The van der Waals surface area contributed by atoms with Crippen LogP contribution >= 0.6 is 0 Å². The van der Waals surface area contributed by atoms with Crippen LogP contribution in [0.15, 0.2) is 36.9 Å². The Balaban J connectivity index is 2.46. The van der Waals surface area contributed by atoms with Gasteiger partial charge < -0.3 is 4.74 Å². The maximum Gasteiger partial charge on any atom is 0.419 e. The smallest absolute Gasteiger partial charge is 0.419 e. The third-order valence-corrected chi connectivity index (χ3v) is 3.45. The first-order valence-corrected chi connectivity index (χ1v) is 7.77. The first-order valence-electron chi connectivity index (χ1n) is 7.77. The molecule has 0 aliphatic carbocycles. The summed E-state index contributed by atoms with van der Waals surface area (Å²) in [4.78, 5) is 12.6. The maximum absolute atomic E-state index is 12.6. The highest BCUT2D eigenvalue weighted by Gasteiger charge is 2.21. The molecule has 0 atom stereocenters. The van der Waals surface area contributed by atoms with Gasteiger partial charge in [0, 0.05) is 11.1 Å². The molecule has 0 saturated carbocycles. The predicted octanol–water partition coefficient (Wildman–Crippen LogP) is 5.24. The van der Waals surface area contributed by atoms with E-state index in [1.54, 1.807) is 4.57 Å². The molecular weight excluding hydrogens is 274 g/mol. The molecule has 118 valence electrons. The third-order valence-electron chi connectivity index (χ3n) is 3.45. The first-order chi connectivity index (χ1) is 10.3. The van der Waals surface area contributed by atoms with E-state index >= 15 is 0 Å². The van der Waals surface area contributed by atoms with Gasteiger partial charge in [-0.2, -0.15) is 0 Å². The molecule has 1 aromatic carbocycles. The molecule has 0 aliphatic heterocycles. The topological polar surface area (TPSA) is 31.2 Å². The fourth-order valence-electron chi connectivity index (χ4n) is 2.50. The molecular formula is C19H25NO2. The van der Waals surface area contributed by atoms with E-state index in [-0.39, 0.29) is 6.09 Å². The summed E-state index contributed by atoms with van der Waals surface area (Å²) in [7, 11) is 0. The van der Waals surface area contributed by atoms with Crippen molar-refractivity contribution in [3.05, 3.63) is 48.2 Å². The quantitative estimate of drug-likeness (QED) is 0.571. The van der Waals surface area contributed by atoms with Crippen LogP contribution in [-0.4, -0.2) is 16.3 Å². The van der Waals surface area contributed by atoms with E-state index in [4.69, 9.17) is 4.74 Å². The molecule has 0 N–H and O–H groups in total. The van der Waals surface area contributed by atoms with Gasteiger partial charge in [0.05, 0.1) is 5.52 Å². The number of carbonyl (C=O) groups excluding carboxylic acids is 1. The molecule has 0 aliphatic rings. The fourth-order valence-corrected chi connectivity index (χ4v) is 2.50. The monoisotopic (exact) mass is 299 g/mol. The van der Waals surface area contributed by atoms with Crippen LogP contribution in [0.5, 0.6) is 0 Å². The molecule has 0 bridgehead atoms. The van der Waals surface area contributed by atoms with Crippen molar-refractivity contribution in [1.82, 2.24) is 4.57 Å². The minimum atomic E-state index is -0.504. The zero-order valence-corrected chi connectivity index (χ0v) is 14.0. The van der Waals surface area contributed by atoms with Crippen LogP contribution in [-0.2, 0) is 11.2 Å². The highest BCUT2D eigenvalue weighted by Crippen LogP contribution is 2.24. The number of hydrogen-bond acceptors (Lipinski definition) is 2. The number of aromatic nitrogens is 1. The van der Waals surface area contributed by atoms with Crippen molar-refractivity contribution in [2.24, 2.45) is 0 Å². The van der Waals surface area contributed by atoms with Gasteiger partial charge in [0.2, 0.25) is 0 Å². The molecule has 2 rings (SSSR count). The van der Waals surface area contributed by atoms with Gasteiger partial charge in [-0.3, -0.25) is 0 Å². The Morgan fingerprint density at radius 3 is 2.68 bits per heavy atom. The lowest BCUT2D eigenvalue weighted by Crippen LogP contribution is -2.28. The third kappa shape index (κ3) is 3.79. The number of ether oxygens (including phenoxy) is 1. The maximum atomic E-state index is 12.6. The van der Waals surface area contributed by atoms with Gasteiger partial charge >= 0.3 is 6.09 Å². The Morgan fingerprint density at radius 1 is 1.32 bits per heavy atom. The zero-order chi connectivity index (χ0) is 16.3. The van der Waals surface area contributed by atoms with Crippen molar-refractivity contribution in [3.8, 4) is 0 Å². The lowest BCUT2D eigenvalue weighted by molar-refractivity contribution is 0.0540. The summed E-state index contributed by atoms with van der Waals surface area (Å²) in [5, 5.41) is 1.07. The van der Waals surface area contributed by atoms with E-state index in [1.165, 1.54) is 0 Å². The summed E-state index contributed by atoms with van der Waals surface area (Å²) >= 11 is 0. The normalized spacial score (nSPS) is 11.6. The van der Waals surface area contributed by atoms with Crippen LogP contribution in [0.2, 0.25) is 0 Å². The van der Waals surface area contributed by atoms with E-state index in [9.17, 15) is 4.79 Å². The van der Waals surface area contributed by atoms with Crippen LogP contribution in [0.1, 0.15) is 44.9 Å². The number of hydrogen-bond donors (Lipinski definition) is 0. The van der Waals surface area contributed by atoms with Gasteiger partial charge in [-0.15, -0.1) is 6.58 Å². The summed E-state index contributed by atoms with van der Waals surface area (Å²) in [6.07, 6.45) is 4.35. The second-order valence-corrected chi connectivity index (χ2v) is 6.69. The number of rotatable bonds is 4. The van der Waals surface area contributed by atoms with E-state index in [0.717, 1.165) is 41.4 Å². The van der Waals surface area contributed by atoms with Crippen LogP contribution in [0.25, 0.3) is 10.9 Å². The lowest BCUT2D eigenvalue weighted by atomic mass is 10.1. The van der Waals surface area contributed by atoms with Crippen LogP contribution < -0.4 is 0 Å². The Morgan fingerprint density at radius 2 is 2.05 bits per heavy atom. The van der Waals surface area contributed by atoms with Crippen molar-refractivity contribution in [1.29, 1.82) is 0 Å². The second-order valence-electron chi connectivity index (χ2n) is 6.69. The number of aryl methyl sites for hydroxylation is 2. The van der Waals surface area contributed by atoms with Crippen LogP contribution in [0.4, 0.5) is 4.79 Å². The predicted molar refractivity (Wildman–Crippen MR) is 91.4 cm³/mol. The summed E-state index contributed by atoms with van der Waals surface area (Å²) < 4.78 is 7.30. The minimum Gasteiger partial charge on any atom is -0.443 e.